The largest absolute Gasteiger partial charge is 0.495 e. The van der Waals surface area contributed by atoms with Crippen LogP contribution in [0.5, 0.6) is 5.75 Å². The van der Waals surface area contributed by atoms with E-state index in [9.17, 15) is 4.79 Å². The summed E-state index contributed by atoms with van der Waals surface area (Å²) in [6.45, 7) is 1.58. The summed E-state index contributed by atoms with van der Waals surface area (Å²) in [5, 5.41) is 8.82. The van der Waals surface area contributed by atoms with Gasteiger partial charge in [0, 0.05) is 4.90 Å². The zero-order chi connectivity index (χ0) is 12.3. The van der Waals surface area contributed by atoms with Crippen molar-refractivity contribution in [3.8, 4) is 5.75 Å². The molecule has 6 heteroatoms. The molecular weight excluding hydrogens is 271 g/mol. The summed E-state index contributed by atoms with van der Waals surface area (Å²) in [5.74, 6) is -0.424. The first-order chi connectivity index (χ1) is 7.47. The van der Waals surface area contributed by atoms with Crippen molar-refractivity contribution in [2.75, 3.05) is 7.11 Å². The number of aliphatic carboxylic acids is 1. The van der Waals surface area contributed by atoms with Crippen LogP contribution in [0.25, 0.3) is 0 Å². The molecule has 1 N–H and O–H groups in total. The van der Waals surface area contributed by atoms with E-state index in [4.69, 9.17) is 33.0 Å². The Bertz CT molecular complexity index is 409. The summed E-state index contributed by atoms with van der Waals surface area (Å²) in [5.41, 5.74) is 0. The van der Waals surface area contributed by atoms with E-state index in [1.807, 2.05) is 0 Å². The SMILES string of the molecule is COc1ccc(SC(C)C(=O)O)c(Cl)c1Cl. The number of carboxylic acids is 1. The van der Waals surface area contributed by atoms with Crippen molar-refractivity contribution >= 4 is 40.9 Å². The number of halogens is 2. The number of rotatable bonds is 4. The number of thioether (sulfide) groups is 1. The fraction of sp³-hybridized carbons (Fsp3) is 0.300. The highest BCUT2D eigenvalue weighted by Gasteiger charge is 2.17. The molecule has 0 bridgehead atoms. The standard InChI is InChI=1S/C10H10Cl2O3S/c1-5(10(13)14)16-7-4-3-6(15-2)8(11)9(7)12/h3-5H,1-2H3,(H,13,14). The molecule has 0 aliphatic rings. The van der Waals surface area contributed by atoms with Crippen molar-refractivity contribution in [3.63, 3.8) is 0 Å². The predicted octanol–water partition coefficient (Wildman–Crippen LogP) is 3.57. The number of benzene rings is 1. The van der Waals surface area contributed by atoms with Crippen molar-refractivity contribution in [1.82, 2.24) is 0 Å². The van der Waals surface area contributed by atoms with Gasteiger partial charge in [-0.25, -0.2) is 0 Å². The van der Waals surface area contributed by atoms with Crippen LogP contribution < -0.4 is 4.74 Å². The molecule has 0 aliphatic carbocycles. The fourth-order valence-corrected chi connectivity index (χ4v) is 2.43. The third-order valence-electron chi connectivity index (χ3n) is 1.88. The number of carbonyl (C=O) groups is 1. The number of hydrogen-bond acceptors (Lipinski definition) is 3. The Kier molecular flexibility index (Phi) is 4.77. The lowest BCUT2D eigenvalue weighted by molar-refractivity contribution is -0.136. The Morgan fingerprint density at radius 2 is 2.06 bits per heavy atom. The molecule has 0 amide bonds. The smallest absolute Gasteiger partial charge is 0.316 e. The highest BCUT2D eigenvalue weighted by molar-refractivity contribution is 8.00. The molecule has 0 heterocycles. The average Bonchev–Trinajstić information content (AvgIpc) is 2.25. The van der Waals surface area contributed by atoms with Gasteiger partial charge in [0.05, 0.1) is 12.1 Å². The molecule has 0 fully saturated rings. The lowest BCUT2D eigenvalue weighted by atomic mass is 10.3. The highest BCUT2D eigenvalue weighted by Crippen LogP contribution is 2.40. The van der Waals surface area contributed by atoms with Crippen LogP contribution in [0.15, 0.2) is 17.0 Å². The van der Waals surface area contributed by atoms with Gasteiger partial charge in [-0.1, -0.05) is 23.2 Å². The van der Waals surface area contributed by atoms with Gasteiger partial charge in [-0.15, -0.1) is 11.8 Å². The van der Waals surface area contributed by atoms with Crippen LogP contribution in [0.4, 0.5) is 0 Å². The zero-order valence-corrected chi connectivity index (χ0v) is 11.0. The molecule has 0 spiro atoms. The Labute approximate surface area is 108 Å². The molecule has 16 heavy (non-hydrogen) atoms. The van der Waals surface area contributed by atoms with Crippen LogP contribution in [0.1, 0.15) is 6.92 Å². The number of carboxylic acid groups (broad SMARTS) is 1. The Hall–Kier alpha value is -0.580. The minimum absolute atomic E-state index is 0.298. The van der Waals surface area contributed by atoms with E-state index in [2.05, 4.69) is 0 Å². The van der Waals surface area contributed by atoms with Gasteiger partial charge in [-0.2, -0.15) is 0 Å². The molecule has 3 nitrogen and oxygen atoms in total. The molecule has 1 rings (SSSR count). The molecule has 1 unspecified atom stereocenters. The molecule has 1 atom stereocenters. The molecule has 0 saturated heterocycles. The van der Waals surface area contributed by atoms with Gasteiger partial charge >= 0.3 is 5.97 Å². The van der Waals surface area contributed by atoms with Gasteiger partial charge < -0.3 is 9.84 Å². The molecule has 0 aliphatic heterocycles. The Balaban J connectivity index is 2.99. The summed E-state index contributed by atoms with van der Waals surface area (Å²) in [6, 6.07) is 3.35. The summed E-state index contributed by atoms with van der Waals surface area (Å²) >= 11 is 13.1. The summed E-state index contributed by atoms with van der Waals surface area (Å²) < 4.78 is 4.99. The van der Waals surface area contributed by atoms with E-state index in [-0.39, 0.29) is 0 Å². The highest BCUT2D eigenvalue weighted by atomic mass is 35.5. The minimum atomic E-state index is -0.895. The van der Waals surface area contributed by atoms with Gasteiger partial charge in [-0.3, -0.25) is 4.79 Å². The van der Waals surface area contributed by atoms with Crippen LogP contribution in [0, 0.1) is 0 Å². The number of methoxy groups -OCH3 is 1. The van der Waals surface area contributed by atoms with Crippen molar-refractivity contribution in [2.24, 2.45) is 0 Å². The normalized spacial score (nSPS) is 12.2. The van der Waals surface area contributed by atoms with Gasteiger partial charge in [0.15, 0.2) is 0 Å². The van der Waals surface area contributed by atoms with Crippen LogP contribution in [0.2, 0.25) is 10.0 Å². The lowest BCUT2D eigenvalue weighted by Crippen LogP contribution is -2.11. The van der Waals surface area contributed by atoms with Crippen molar-refractivity contribution in [2.45, 2.75) is 17.1 Å². The van der Waals surface area contributed by atoms with E-state index >= 15 is 0 Å². The summed E-state index contributed by atoms with van der Waals surface area (Å²) in [7, 11) is 1.49. The lowest BCUT2D eigenvalue weighted by Gasteiger charge is -2.11. The molecule has 0 radical (unpaired) electrons. The minimum Gasteiger partial charge on any atom is -0.495 e. The third kappa shape index (κ3) is 2.97. The Morgan fingerprint density at radius 1 is 1.44 bits per heavy atom. The van der Waals surface area contributed by atoms with E-state index in [0.717, 1.165) is 11.8 Å². The van der Waals surface area contributed by atoms with Crippen LogP contribution in [-0.4, -0.2) is 23.4 Å². The third-order valence-corrected chi connectivity index (χ3v) is 4.01. The maximum atomic E-state index is 10.7. The van der Waals surface area contributed by atoms with Crippen molar-refractivity contribution in [1.29, 1.82) is 0 Å². The van der Waals surface area contributed by atoms with Gasteiger partial charge in [0.2, 0.25) is 0 Å². The summed E-state index contributed by atoms with van der Waals surface area (Å²) in [4.78, 5) is 11.3. The van der Waals surface area contributed by atoms with Crippen molar-refractivity contribution in [3.05, 3.63) is 22.2 Å². The van der Waals surface area contributed by atoms with Gasteiger partial charge in [0.25, 0.3) is 0 Å². The fourth-order valence-electron chi connectivity index (χ4n) is 1.00. The van der Waals surface area contributed by atoms with E-state index in [1.165, 1.54) is 7.11 Å². The number of ether oxygens (including phenoxy) is 1. The molecule has 1 aromatic carbocycles. The van der Waals surface area contributed by atoms with Crippen LogP contribution in [-0.2, 0) is 4.79 Å². The predicted molar refractivity (Wildman–Crippen MR) is 66.0 cm³/mol. The second-order valence-corrected chi connectivity index (χ2v) is 5.13. The maximum absolute atomic E-state index is 10.7. The first-order valence-electron chi connectivity index (χ1n) is 4.38. The van der Waals surface area contributed by atoms with Crippen LogP contribution in [0.3, 0.4) is 0 Å². The Morgan fingerprint density at radius 3 is 2.56 bits per heavy atom. The second kappa shape index (κ2) is 5.66. The van der Waals surface area contributed by atoms with E-state index in [1.54, 1.807) is 19.1 Å². The van der Waals surface area contributed by atoms with E-state index in [0.29, 0.717) is 20.7 Å². The molecule has 88 valence electrons. The first-order valence-corrected chi connectivity index (χ1v) is 6.02. The molecule has 0 aromatic heterocycles. The topological polar surface area (TPSA) is 46.5 Å². The maximum Gasteiger partial charge on any atom is 0.316 e. The molecular formula is C10H10Cl2O3S. The monoisotopic (exact) mass is 280 g/mol. The zero-order valence-electron chi connectivity index (χ0n) is 8.66. The molecule has 1 aromatic rings. The van der Waals surface area contributed by atoms with Crippen LogP contribution >= 0.6 is 35.0 Å². The average molecular weight is 281 g/mol. The second-order valence-electron chi connectivity index (χ2n) is 2.99. The first kappa shape index (κ1) is 13.5. The van der Waals surface area contributed by atoms with Gasteiger partial charge in [0.1, 0.15) is 16.0 Å². The summed E-state index contributed by atoms with van der Waals surface area (Å²) in [6.07, 6.45) is 0. The number of hydrogen-bond donors (Lipinski definition) is 1. The van der Waals surface area contributed by atoms with Crippen molar-refractivity contribution < 1.29 is 14.6 Å². The molecule has 0 saturated carbocycles. The van der Waals surface area contributed by atoms with Gasteiger partial charge in [-0.05, 0) is 19.1 Å². The van der Waals surface area contributed by atoms with E-state index < -0.39 is 11.2 Å². The quantitative estimate of drug-likeness (QED) is 0.857.